The summed E-state index contributed by atoms with van der Waals surface area (Å²) in [6.45, 7) is 2.64. The number of halogens is 2. The van der Waals surface area contributed by atoms with Crippen LogP contribution in [0.5, 0.6) is 0 Å². The van der Waals surface area contributed by atoms with Crippen molar-refractivity contribution in [3.8, 4) is 0 Å². The fourth-order valence-electron chi connectivity index (χ4n) is 3.65. The Morgan fingerprint density at radius 2 is 2.03 bits per heavy atom. The summed E-state index contributed by atoms with van der Waals surface area (Å²) in [6.07, 6.45) is 0.364. The van der Waals surface area contributed by atoms with Gasteiger partial charge < -0.3 is 24.1 Å². The molecule has 4 rings (SSSR count). The topological polar surface area (TPSA) is 81.0 Å². The Hall–Kier alpha value is -3.10. The van der Waals surface area contributed by atoms with Gasteiger partial charge >= 0.3 is 5.97 Å². The van der Waals surface area contributed by atoms with E-state index in [9.17, 15) is 14.0 Å². The smallest absolute Gasteiger partial charge is 0.337 e. The van der Waals surface area contributed by atoms with Gasteiger partial charge in [0.1, 0.15) is 5.58 Å². The first-order chi connectivity index (χ1) is 15.5. The van der Waals surface area contributed by atoms with Gasteiger partial charge in [0.15, 0.2) is 17.1 Å². The van der Waals surface area contributed by atoms with E-state index in [2.05, 4.69) is 5.32 Å². The number of rotatable bonds is 6. The van der Waals surface area contributed by atoms with E-state index in [0.29, 0.717) is 56.3 Å². The molecule has 2 aromatic carbocycles. The Bertz CT molecular complexity index is 1210. The lowest BCUT2D eigenvalue weighted by molar-refractivity contribution is 0.0601. The molecule has 1 aliphatic rings. The second kappa shape index (κ2) is 9.58. The van der Waals surface area contributed by atoms with Crippen LogP contribution in [-0.4, -0.2) is 45.9 Å². The van der Waals surface area contributed by atoms with E-state index >= 15 is 0 Å². The number of hydrogen-bond acceptors (Lipinski definition) is 7. The number of carbonyl (C=O) groups excluding carboxylic acids is 1. The van der Waals surface area contributed by atoms with Crippen molar-refractivity contribution < 1.29 is 23.1 Å². The second-order valence-electron chi connectivity index (χ2n) is 7.33. The molecule has 2 heterocycles. The molecule has 9 heteroatoms. The van der Waals surface area contributed by atoms with Crippen LogP contribution in [0.2, 0.25) is 5.02 Å². The van der Waals surface area contributed by atoms with Gasteiger partial charge in [0.2, 0.25) is 0 Å². The number of methoxy groups -OCH3 is 1. The number of morpholine rings is 1. The molecule has 7 nitrogen and oxygen atoms in total. The van der Waals surface area contributed by atoms with Crippen molar-refractivity contribution in [2.45, 2.75) is 6.42 Å². The number of ether oxygens (including phenoxy) is 2. The van der Waals surface area contributed by atoms with Crippen LogP contribution in [0.1, 0.15) is 15.9 Å². The molecule has 0 saturated carbocycles. The number of esters is 1. The fraction of sp³-hybridized carbons (Fsp3) is 0.304. The summed E-state index contributed by atoms with van der Waals surface area (Å²) >= 11 is 5.84. The van der Waals surface area contributed by atoms with Gasteiger partial charge in [-0.2, -0.15) is 0 Å². The molecule has 1 saturated heterocycles. The molecular weight excluding hydrogens is 439 g/mol. The van der Waals surface area contributed by atoms with E-state index in [1.165, 1.54) is 25.3 Å². The third-order valence-electron chi connectivity index (χ3n) is 5.30. The number of anilines is 2. The highest BCUT2D eigenvalue weighted by Crippen LogP contribution is 2.26. The van der Waals surface area contributed by atoms with Crippen LogP contribution < -0.4 is 15.6 Å². The third-order valence-corrected chi connectivity index (χ3v) is 5.59. The van der Waals surface area contributed by atoms with Gasteiger partial charge in [-0.15, -0.1) is 0 Å². The highest BCUT2D eigenvalue weighted by Gasteiger charge is 2.19. The molecular formula is C23H22ClFN2O5. The molecule has 0 bridgehead atoms. The predicted molar refractivity (Wildman–Crippen MR) is 120 cm³/mol. The van der Waals surface area contributed by atoms with Gasteiger partial charge in [-0.05, 0) is 36.2 Å². The van der Waals surface area contributed by atoms with E-state index in [1.54, 1.807) is 18.2 Å². The van der Waals surface area contributed by atoms with Gasteiger partial charge in [0.05, 0.1) is 42.0 Å². The number of nitrogens with zero attached hydrogens (tertiary/aromatic N) is 1. The average Bonchev–Trinajstić information content (AvgIpc) is 2.81. The summed E-state index contributed by atoms with van der Waals surface area (Å²) in [4.78, 5) is 27.0. The zero-order chi connectivity index (χ0) is 22.7. The predicted octanol–water partition coefficient (Wildman–Crippen LogP) is 3.86. The molecule has 168 valence electrons. The maximum absolute atomic E-state index is 14.2. The van der Waals surface area contributed by atoms with Gasteiger partial charge in [-0.3, -0.25) is 4.79 Å². The quantitative estimate of drug-likeness (QED) is 0.559. The van der Waals surface area contributed by atoms with Gasteiger partial charge in [0, 0.05) is 25.7 Å². The van der Waals surface area contributed by atoms with Crippen LogP contribution in [0.4, 0.5) is 16.0 Å². The van der Waals surface area contributed by atoms with E-state index in [-0.39, 0.29) is 27.1 Å². The standard InChI is InChI=1S/C23H22ClFN2O5/c1-30-23(29)15-11-14(5-6-26-18-4-2-3-17(24)21(18)25)22-16(12-15)19(28)13-20(32-22)27-7-9-31-10-8-27/h2-4,11-13,26H,5-10H2,1H3. The first-order valence-electron chi connectivity index (χ1n) is 10.2. The maximum atomic E-state index is 14.2. The Balaban J connectivity index is 1.70. The Kier molecular flexibility index (Phi) is 6.62. The molecule has 1 aliphatic heterocycles. The van der Waals surface area contributed by atoms with Crippen molar-refractivity contribution in [2.24, 2.45) is 0 Å². The fourth-order valence-corrected chi connectivity index (χ4v) is 3.82. The van der Waals surface area contributed by atoms with Crippen molar-refractivity contribution >= 4 is 40.1 Å². The Labute approximate surface area is 188 Å². The molecule has 0 radical (unpaired) electrons. The Morgan fingerprint density at radius 3 is 2.78 bits per heavy atom. The molecule has 3 aromatic rings. The van der Waals surface area contributed by atoms with Crippen molar-refractivity contribution in [3.05, 3.63) is 68.6 Å². The highest BCUT2D eigenvalue weighted by molar-refractivity contribution is 6.31. The van der Waals surface area contributed by atoms with Crippen LogP contribution in [0, 0.1) is 5.82 Å². The van der Waals surface area contributed by atoms with Gasteiger partial charge in [-0.1, -0.05) is 17.7 Å². The molecule has 0 unspecified atom stereocenters. The minimum Gasteiger partial charge on any atom is -0.465 e. The summed E-state index contributed by atoms with van der Waals surface area (Å²) in [7, 11) is 1.28. The largest absolute Gasteiger partial charge is 0.465 e. The summed E-state index contributed by atoms with van der Waals surface area (Å²) in [6, 6.07) is 9.24. The normalized spacial score (nSPS) is 13.9. The average molecular weight is 461 g/mol. The van der Waals surface area contributed by atoms with Gasteiger partial charge in [0.25, 0.3) is 0 Å². The number of hydrogen-bond donors (Lipinski definition) is 1. The number of benzene rings is 2. The molecule has 0 aliphatic carbocycles. The number of nitrogens with one attached hydrogen (secondary N) is 1. The number of carbonyl (C=O) groups is 1. The first kappa shape index (κ1) is 22.1. The summed E-state index contributed by atoms with van der Waals surface area (Å²) in [5.41, 5.74) is 1.27. The van der Waals surface area contributed by atoms with E-state index < -0.39 is 11.8 Å². The van der Waals surface area contributed by atoms with Crippen LogP contribution >= 0.6 is 11.6 Å². The van der Waals surface area contributed by atoms with Gasteiger partial charge in [-0.25, -0.2) is 9.18 Å². The van der Waals surface area contributed by atoms with E-state index in [4.69, 9.17) is 25.5 Å². The first-order valence-corrected chi connectivity index (χ1v) is 10.6. The van der Waals surface area contributed by atoms with Crippen molar-refractivity contribution in [1.29, 1.82) is 0 Å². The minimum absolute atomic E-state index is 0.0225. The monoisotopic (exact) mass is 460 g/mol. The summed E-state index contributed by atoms with van der Waals surface area (Å²) in [5.74, 6) is -0.645. The zero-order valence-corrected chi connectivity index (χ0v) is 18.2. The lowest BCUT2D eigenvalue weighted by Crippen LogP contribution is -2.36. The lowest BCUT2D eigenvalue weighted by Gasteiger charge is -2.27. The van der Waals surface area contributed by atoms with Crippen LogP contribution in [0.3, 0.4) is 0 Å². The molecule has 0 spiro atoms. The molecule has 1 fully saturated rings. The maximum Gasteiger partial charge on any atom is 0.337 e. The molecule has 0 amide bonds. The molecule has 32 heavy (non-hydrogen) atoms. The van der Waals surface area contributed by atoms with Crippen molar-refractivity contribution in [1.82, 2.24) is 0 Å². The highest BCUT2D eigenvalue weighted by atomic mass is 35.5. The van der Waals surface area contributed by atoms with Crippen molar-refractivity contribution in [2.75, 3.05) is 50.2 Å². The lowest BCUT2D eigenvalue weighted by atomic mass is 10.0. The third kappa shape index (κ3) is 4.56. The minimum atomic E-state index is -0.557. The second-order valence-corrected chi connectivity index (χ2v) is 7.74. The zero-order valence-electron chi connectivity index (χ0n) is 17.5. The van der Waals surface area contributed by atoms with Crippen LogP contribution in [0.25, 0.3) is 11.0 Å². The molecule has 0 atom stereocenters. The van der Waals surface area contributed by atoms with E-state index in [0.717, 1.165) is 0 Å². The van der Waals surface area contributed by atoms with Crippen LogP contribution in [-0.2, 0) is 15.9 Å². The molecule has 1 aromatic heterocycles. The number of fused-ring (bicyclic) bond motifs is 1. The summed E-state index contributed by atoms with van der Waals surface area (Å²) in [5, 5.41) is 3.31. The summed E-state index contributed by atoms with van der Waals surface area (Å²) < 4.78 is 30.5. The SMILES string of the molecule is COC(=O)c1cc(CCNc2cccc(Cl)c2F)c2oc(N3CCOCC3)cc(=O)c2c1. The van der Waals surface area contributed by atoms with Crippen LogP contribution in [0.15, 0.2) is 45.6 Å². The van der Waals surface area contributed by atoms with E-state index in [1.807, 2.05) is 4.90 Å². The van der Waals surface area contributed by atoms with Crippen molar-refractivity contribution in [3.63, 3.8) is 0 Å². The molecule has 1 N–H and O–H groups in total. The Morgan fingerprint density at radius 1 is 1.25 bits per heavy atom.